The van der Waals surface area contributed by atoms with Crippen molar-refractivity contribution in [2.45, 2.75) is 50.9 Å². The molecule has 2 fully saturated rings. The fourth-order valence-corrected chi connectivity index (χ4v) is 6.42. The average molecular weight is 531 g/mol. The molecule has 1 aliphatic heterocycles. The number of halogens is 2. The van der Waals surface area contributed by atoms with Gasteiger partial charge in [0.15, 0.2) is 0 Å². The largest absolute Gasteiger partial charge is 0.341 e. The number of hydrogen-bond acceptors (Lipinski definition) is 3. The number of fused-ring (bicyclic) bond motifs is 1. The van der Waals surface area contributed by atoms with Gasteiger partial charge in [0, 0.05) is 50.1 Å². The fraction of sp³-hybridized carbons (Fsp3) is 0.387. The van der Waals surface area contributed by atoms with Gasteiger partial charge in [-0.1, -0.05) is 30.3 Å². The molecule has 6 nitrogen and oxygen atoms in total. The van der Waals surface area contributed by atoms with Gasteiger partial charge in [-0.15, -0.1) is 0 Å². The molecule has 1 saturated carbocycles. The number of aromatic nitrogens is 3. The number of aryl methyl sites for hydroxylation is 2. The smallest absolute Gasteiger partial charge is 0.259 e. The van der Waals surface area contributed by atoms with Crippen molar-refractivity contribution >= 4 is 16.8 Å². The first kappa shape index (κ1) is 25.5. The second-order valence-corrected chi connectivity index (χ2v) is 11.5. The van der Waals surface area contributed by atoms with Crippen LogP contribution in [0.15, 0.2) is 71.8 Å². The monoisotopic (exact) mass is 530 g/mol. The van der Waals surface area contributed by atoms with Gasteiger partial charge < -0.3 is 9.47 Å². The van der Waals surface area contributed by atoms with E-state index >= 15 is 0 Å². The van der Waals surface area contributed by atoms with Crippen molar-refractivity contribution in [1.29, 1.82) is 0 Å². The number of likely N-dealkylation sites (tertiary alicyclic amines) is 1. The van der Waals surface area contributed by atoms with Gasteiger partial charge in [0.25, 0.3) is 5.92 Å². The first-order valence-corrected chi connectivity index (χ1v) is 13.4. The van der Waals surface area contributed by atoms with Crippen molar-refractivity contribution in [3.63, 3.8) is 0 Å². The Kier molecular flexibility index (Phi) is 5.79. The maximum absolute atomic E-state index is 14.5. The Morgan fingerprint density at radius 2 is 1.82 bits per heavy atom. The summed E-state index contributed by atoms with van der Waals surface area (Å²) in [4.78, 5) is 27.0. The summed E-state index contributed by atoms with van der Waals surface area (Å²) in [5, 5.41) is 5.56. The molecule has 2 aromatic heterocycles. The molecule has 4 aromatic rings. The van der Waals surface area contributed by atoms with Crippen LogP contribution in [0.5, 0.6) is 0 Å². The minimum atomic E-state index is -3.03. The lowest BCUT2D eigenvalue weighted by molar-refractivity contribution is -0.151. The lowest BCUT2D eigenvalue weighted by Crippen LogP contribution is -2.45. The molecule has 1 aliphatic carbocycles. The summed E-state index contributed by atoms with van der Waals surface area (Å²) in [6.45, 7) is 3.80. The summed E-state index contributed by atoms with van der Waals surface area (Å²) in [6, 6.07) is 17.7. The summed E-state index contributed by atoms with van der Waals surface area (Å²) in [5.41, 5.74) is 2.96. The van der Waals surface area contributed by atoms with E-state index in [1.165, 1.54) is 10.6 Å². The van der Waals surface area contributed by atoms with Gasteiger partial charge in [-0.2, -0.15) is 5.10 Å². The van der Waals surface area contributed by atoms with Crippen molar-refractivity contribution in [2.24, 2.45) is 12.5 Å². The van der Waals surface area contributed by atoms with E-state index in [4.69, 9.17) is 0 Å². The van der Waals surface area contributed by atoms with Crippen molar-refractivity contribution in [3.8, 4) is 5.69 Å². The quantitative estimate of drug-likeness (QED) is 0.345. The van der Waals surface area contributed by atoms with E-state index in [-0.39, 0.29) is 18.4 Å². The van der Waals surface area contributed by atoms with Gasteiger partial charge in [-0.3, -0.25) is 9.59 Å². The summed E-state index contributed by atoms with van der Waals surface area (Å²) < 4.78 is 32.3. The molecule has 1 amide bonds. The molecule has 202 valence electrons. The van der Waals surface area contributed by atoms with Crippen LogP contribution in [0.2, 0.25) is 0 Å². The number of nitrogens with zero attached hydrogens (tertiary/aromatic N) is 4. The molecular weight excluding hydrogens is 498 g/mol. The van der Waals surface area contributed by atoms with E-state index < -0.39 is 22.7 Å². The van der Waals surface area contributed by atoms with E-state index in [1.54, 1.807) is 24.2 Å². The first-order valence-electron chi connectivity index (χ1n) is 13.4. The number of pyridine rings is 1. The van der Waals surface area contributed by atoms with Gasteiger partial charge >= 0.3 is 0 Å². The molecule has 0 spiro atoms. The Hall–Kier alpha value is -3.81. The molecule has 39 heavy (non-hydrogen) atoms. The molecule has 0 bridgehead atoms. The van der Waals surface area contributed by atoms with Crippen LogP contribution in [-0.4, -0.2) is 44.2 Å². The van der Waals surface area contributed by atoms with E-state index in [1.807, 2.05) is 29.1 Å². The molecule has 1 unspecified atom stereocenters. The van der Waals surface area contributed by atoms with Crippen molar-refractivity contribution < 1.29 is 13.6 Å². The highest BCUT2D eigenvalue weighted by Crippen LogP contribution is 2.58. The Labute approximate surface area is 225 Å². The highest BCUT2D eigenvalue weighted by atomic mass is 19.3. The summed E-state index contributed by atoms with van der Waals surface area (Å²) in [5.74, 6) is -3.44. The summed E-state index contributed by atoms with van der Waals surface area (Å²) >= 11 is 0. The minimum Gasteiger partial charge on any atom is -0.341 e. The number of hydrogen-bond donors (Lipinski definition) is 0. The first-order chi connectivity index (χ1) is 18.5. The third kappa shape index (κ3) is 4.17. The maximum Gasteiger partial charge on any atom is 0.259 e. The SMILES string of the molecule is Cc1cc2c(cnn2-c2ccc(=O)n(C)c2)cc1C1(Cc2ccccc2)CCN(C(=O)C2(C(C)(F)F)CC2)C1. The Balaban J connectivity index is 1.42. The molecular formula is C31H32F2N4O2. The van der Waals surface area contributed by atoms with Crippen molar-refractivity contribution in [1.82, 2.24) is 19.2 Å². The molecule has 0 radical (unpaired) electrons. The molecule has 8 heteroatoms. The molecule has 1 atom stereocenters. The van der Waals surface area contributed by atoms with Crippen LogP contribution < -0.4 is 5.56 Å². The molecule has 2 aromatic carbocycles. The molecule has 2 aliphatic rings. The molecule has 0 N–H and O–H groups in total. The second-order valence-electron chi connectivity index (χ2n) is 11.5. The van der Waals surface area contributed by atoms with Crippen molar-refractivity contribution in [2.75, 3.05) is 13.1 Å². The fourth-order valence-electron chi connectivity index (χ4n) is 6.42. The predicted octanol–water partition coefficient (Wildman–Crippen LogP) is 5.18. The van der Waals surface area contributed by atoms with E-state index in [0.29, 0.717) is 25.9 Å². The standard InChI is InChI=1S/C31H32F2N4O2/c1-21-15-26-23(18-34-37(26)24-9-10-27(38)35(3)19-24)16-25(21)30(17-22-7-5-4-6-8-22)13-14-36(20-30)28(39)31(11-12-31)29(2,32)33/h4-10,15-16,18-19H,11-14,17,20H2,1-3H3. The number of amides is 1. The number of rotatable bonds is 6. The lowest BCUT2D eigenvalue weighted by Gasteiger charge is -2.33. The van der Waals surface area contributed by atoms with E-state index in [0.717, 1.165) is 40.2 Å². The Bertz CT molecular complexity index is 1630. The van der Waals surface area contributed by atoms with Crippen LogP contribution in [0.3, 0.4) is 0 Å². The van der Waals surface area contributed by atoms with Crippen LogP contribution in [0.25, 0.3) is 16.6 Å². The minimum absolute atomic E-state index is 0.0920. The number of alkyl halides is 2. The summed E-state index contributed by atoms with van der Waals surface area (Å²) in [6.07, 6.45) is 5.45. The van der Waals surface area contributed by atoms with E-state index in [9.17, 15) is 18.4 Å². The number of carbonyl (C=O) groups is 1. The Morgan fingerprint density at radius 1 is 1.08 bits per heavy atom. The zero-order valence-electron chi connectivity index (χ0n) is 22.5. The van der Waals surface area contributed by atoms with Gasteiger partial charge in [0.1, 0.15) is 5.41 Å². The van der Waals surface area contributed by atoms with Crippen LogP contribution in [0.1, 0.15) is 42.9 Å². The van der Waals surface area contributed by atoms with Crippen LogP contribution in [0, 0.1) is 12.3 Å². The normalized spacial score (nSPS) is 20.5. The third-order valence-electron chi connectivity index (χ3n) is 8.83. The molecule has 3 heterocycles. The van der Waals surface area contributed by atoms with Gasteiger partial charge in [-0.05, 0) is 67.5 Å². The zero-order valence-corrected chi connectivity index (χ0v) is 22.5. The lowest BCUT2D eigenvalue weighted by atomic mass is 9.73. The highest BCUT2D eigenvalue weighted by molar-refractivity contribution is 5.87. The van der Waals surface area contributed by atoms with Crippen molar-refractivity contribution in [3.05, 3.63) is 94.0 Å². The topological polar surface area (TPSA) is 60.1 Å². The van der Waals surface area contributed by atoms with Gasteiger partial charge in [0.2, 0.25) is 11.5 Å². The zero-order chi connectivity index (χ0) is 27.6. The molecule has 1 saturated heterocycles. The maximum atomic E-state index is 14.5. The Morgan fingerprint density at radius 3 is 2.49 bits per heavy atom. The summed E-state index contributed by atoms with van der Waals surface area (Å²) in [7, 11) is 1.71. The number of benzene rings is 2. The van der Waals surface area contributed by atoms with Gasteiger partial charge in [0.05, 0.1) is 17.4 Å². The van der Waals surface area contributed by atoms with Crippen LogP contribution in [0.4, 0.5) is 8.78 Å². The number of carbonyl (C=O) groups excluding carboxylic acids is 1. The van der Waals surface area contributed by atoms with Gasteiger partial charge in [-0.25, -0.2) is 13.5 Å². The van der Waals surface area contributed by atoms with E-state index in [2.05, 4.69) is 36.3 Å². The van der Waals surface area contributed by atoms with Crippen LogP contribution in [-0.2, 0) is 23.7 Å². The predicted molar refractivity (Wildman–Crippen MR) is 146 cm³/mol. The third-order valence-corrected chi connectivity index (χ3v) is 8.83. The second kappa shape index (κ2) is 8.86. The highest BCUT2D eigenvalue weighted by Gasteiger charge is 2.66. The van der Waals surface area contributed by atoms with Crippen LogP contribution >= 0.6 is 0 Å². The average Bonchev–Trinajstić information content (AvgIpc) is 3.48. The molecule has 6 rings (SSSR count).